The van der Waals surface area contributed by atoms with Crippen molar-refractivity contribution in [2.24, 2.45) is 0 Å². The Morgan fingerprint density at radius 2 is 2.05 bits per heavy atom. The molecule has 5 heteroatoms. The molecule has 1 atom stereocenters. The summed E-state index contributed by atoms with van der Waals surface area (Å²) in [7, 11) is -2.92. The van der Waals surface area contributed by atoms with Crippen molar-refractivity contribution in [3.05, 3.63) is 35.4 Å². The van der Waals surface area contributed by atoms with Crippen molar-refractivity contribution >= 4 is 9.84 Å². The summed E-state index contributed by atoms with van der Waals surface area (Å²) in [4.78, 5) is 2.24. The fourth-order valence-corrected chi connectivity index (χ4v) is 3.84. The van der Waals surface area contributed by atoms with Crippen LogP contribution in [0.25, 0.3) is 0 Å². The van der Waals surface area contributed by atoms with Crippen LogP contribution in [0.4, 0.5) is 0 Å². The number of hydrogen-bond acceptors (Lipinski definition) is 4. The van der Waals surface area contributed by atoms with Gasteiger partial charge < -0.3 is 5.11 Å². The highest BCUT2D eigenvalue weighted by atomic mass is 32.2. The van der Waals surface area contributed by atoms with Crippen molar-refractivity contribution in [3.63, 3.8) is 0 Å². The minimum absolute atomic E-state index is 0.109. The number of aliphatic hydroxyl groups excluding tert-OH is 1. The Hall–Kier alpha value is -0.910. The molecule has 0 heterocycles. The summed E-state index contributed by atoms with van der Waals surface area (Å²) in [5.74, 6) is 0.212. The van der Waals surface area contributed by atoms with Crippen LogP contribution in [0.15, 0.2) is 24.3 Å². The predicted octanol–water partition coefficient (Wildman–Crippen LogP) is 1.79. The summed E-state index contributed by atoms with van der Waals surface area (Å²) < 4.78 is 22.6. The van der Waals surface area contributed by atoms with Gasteiger partial charge in [-0.3, -0.25) is 4.90 Å². The molecule has 1 aliphatic carbocycles. The molecule has 0 fully saturated rings. The second-order valence-electron chi connectivity index (χ2n) is 5.85. The zero-order valence-corrected chi connectivity index (χ0v) is 13.5. The Morgan fingerprint density at radius 1 is 1.29 bits per heavy atom. The van der Waals surface area contributed by atoms with Crippen molar-refractivity contribution in [3.8, 4) is 0 Å². The van der Waals surface area contributed by atoms with Crippen molar-refractivity contribution in [2.45, 2.75) is 31.7 Å². The lowest BCUT2D eigenvalue weighted by Gasteiger charge is -2.35. The molecule has 0 aromatic heterocycles. The average molecular weight is 311 g/mol. The quantitative estimate of drug-likeness (QED) is 0.834. The minimum Gasteiger partial charge on any atom is -0.395 e. The third-order valence-corrected chi connectivity index (χ3v) is 5.16. The number of sulfone groups is 1. The fourth-order valence-electron chi connectivity index (χ4n) is 3.19. The topological polar surface area (TPSA) is 57.6 Å². The SMILES string of the molecule is CS(=O)(=O)CCCN(CCO)C1CCCc2ccccc21. The number of hydrogen-bond donors (Lipinski definition) is 1. The summed E-state index contributed by atoms with van der Waals surface area (Å²) >= 11 is 0. The Labute approximate surface area is 127 Å². The molecule has 118 valence electrons. The maximum atomic E-state index is 11.3. The van der Waals surface area contributed by atoms with Gasteiger partial charge in [0.25, 0.3) is 0 Å². The van der Waals surface area contributed by atoms with E-state index in [2.05, 4.69) is 29.2 Å². The van der Waals surface area contributed by atoms with Gasteiger partial charge in [-0.25, -0.2) is 8.42 Å². The molecule has 0 bridgehead atoms. The van der Waals surface area contributed by atoms with Crippen LogP contribution in [-0.4, -0.2) is 50.1 Å². The van der Waals surface area contributed by atoms with E-state index in [0.717, 1.165) is 19.3 Å². The lowest BCUT2D eigenvalue weighted by atomic mass is 9.86. The van der Waals surface area contributed by atoms with Crippen LogP contribution in [0, 0.1) is 0 Å². The van der Waals surface area contributed by atoms with Gasteiger partial charge in [0.05, 0.1) is 12.4 Å². The number of aliphatic hydroxyl groups is 1. The smallest absolute Gasteiger partial charge is 0.147 e. The molecule has 4 nitrogen and oxygen atoms in total. The molecular formula is C16H25NO3S. The van der Waals surface area contributed by atoms with Gasteiger partial charge in [0, 0.05) is 18.8 Å². The van der Waals surface area contributed by atoms with Gasteiger partial charge in [-0.05, 0) is 43.4 Å². The summed E-state index contributed by atoms with van der Waals surface area (Å²) in [6.45, 7) is 1.42. The molecule has 1 aromatic carbocycles. The van der Waals surface area contributed by atoms with Crippen molar-refractivity contribution in [1.29, 1.82) is 0 Å². The summed E-state index contributed by atoms with van der Waals surface area (Å²) in [6.07, 6.45) is 5.24. The lowest BCUT2D eigenvalue weighted by Crippen LogP contribution is -2.35. The Morgan fingerprint density at radius 3 is 2.76 bits per heavy atom. The van der Waals surface area contributed by atoms with E-state index in [1.165, 1.54) is 17.4 Å². The number of fused-ring (bicyclic) bond motifs is 1. The van der Waals surface area contributed by atoms with Crippen LogP contribution in [0.5, 0.6) is 0 Å². The number of benzene rings is 1. The largest absolute Gasteiger partial charge is 0.395 e. The number of nitrogens with zero attached hydrogens (tertiary/aromatic N) is 1. The van der Waals surface area contributed by atoms with Crippen molar-refractivity contribution in [2.75, 3.05) is 31.7 Å². The van der Waals surface area contributed by atoms with Crippen LogP contribution in [0.1, 0.15) is 36.4 Å². The lowest BCUT2D eigenvalue weighted by molar-refractivity contribution is 0.139. The van der Waals surface area contributed by atoms with E-state index in [1.807, 2.05) is 0 Å². The molecule has 1 aromatic rings. The van der Waals surface area contributed by atoms with Crippen molar-refractivity contribution < 1.29 is 13.5 Å². The molecule has 1 N–H and O–H groups in total. The second kappa shape index (κ2) is 7.38. The van der Waals surface area contributed by atoms with Crippen LogP contribution in [-0.2, 0) is 16.3 Å². The first-order chi connectivity index (χ1) is 10.0. The third kappa shape index (κ3) is 4.80. The molecule has 0 saturated heterocycles. The van der Waals surface area contributed by atoms with Gasteiger partial charge in [0.1, 0.15) is 9.84 Å². The van der Waals surface area contributed by atoms with E-state index < -0.39 is 9.84 Å². The molecular weight excluding hydrogens is 286 g/mol. The Balaban J connectivity index is 2.08. The summed E-state index contributed by atoms with van der Waals surface area (Å²) in [5.41, 5.74) is 2.73. The average Bonchev–Trinajstić information content (AvgIpc) is 2.44. The first-order valence-corrected chi connectivity index (χ1v) is 9.68. The van der Waals surface area contributed by atoms with Gasteiger partial charge in [-0.15, -0.1) is 0 Å². The number of rotatable bonds is 7. The van der Waals surface area contributed by atoms with Crippen LogP contribution in [0.3, 0.4) is 0 Å². The van der Waals surface area contributed by atoms with E-state index in [0.29, 0.717) is 25.6 Å². The van der Waals surface area contributed by atoms with Crippen LogP contribution < -0.4 is 0 Å². The zero-order chi connectivity index (χ0) is 15.3. The predicted molar refractivity (Wildman–Crippen MR) is 85.1 cm³/mol. The molecule has 0 radical (unpaired) electrons. The molecule has 0 amide bonds. The Bertz CT molecular complexity index is 556. The van der Waals surface area contributed by atoms with Gasteiger partial charge in [0.15, 0.2) is 0 Å². The Kier molecular flexibility index (Phi) is 5.79. The van der Waals surface area contributed by atoms with E-state index in [4.69, 9.17) is 0 Å². The molecule has 0 aliphatic heterocycles. The number of aryl methyl sites for hydroxylation is 1. The fraction of sp³-hybridized carbons (Fsp3) is 0.625. The first kappa shape index (κ1) is 16.5. The normalized spacial score (nSPS) is 18.7. The highest BCUT2D eigenvalue weighted by Gasteiger charge is 2.25. The van der Waals surface area contributed by atoms with Crippen LogP contribution in [0.2, 0.25) is 0 Å². The summed E-state index contributed by atoms with van der Waals surface area (Å²) in [5, 5.41) is 9.31. The standard InChI is InChI=1S/C16H25NO3S/c1-21(19,20)13-5-10-17(11-12-18)16-9-4-7-14-6-2-3-8-15(14)16/h2-3,6,8,16,18H,4-5,7,9-13H2,1H3. The van der Waals surface area contributed by atoms with E-state index in [1.54, 1.807) is 0 Å². The molecule has 2 rings (SSSR count). The van der Waals surface area contributed by atoms with Gasteiger partial charge in [-0.1, -0.05) is 24.3 Å². The molecule has 1 unspecified atom stereocenters. The highest BCUT2D eigenvalue weighted by Crippen LogP contribution is 2.34. The zero-order valence-electron chi connectivity index (χ0n) is 12.7. The van der Waals surface area contributed by atoms with E-state index in [-0.39, 0.29) is 12.4 Å². The third-order valence-electron chi connectivity index (χ3n) is 4.13. The van der Waals surface area contributed by atoms with Gasteiger partial charge in [-0.2, -0.15) is 0 Å². The van der Waals surface area contributed by atoms with Crippen molar-refractivity contribution in [1.82, 2.24) is 4.90 Å². The maximum Gasteiger partial charge on any atom is 0.147 e. The first-order valence-electron chi connectivity index (χ1n) is 7.61. The van der Waals surface area contributed by atoms with Gasteiger partial charge >= 0.3 is 0 Å². The minimum atomic E-state index is -2.92. The highest BCUT2D eigenvalue weighted by molar-refractivity contribution is 7.90. The molecule has 0 spiro atoms. The van der Waals surface area contributed by atoms with E-state index in [9.17, 15) is 13.5 Å². The van der Waals surface area contributed by atoms with E-state index >= 15 is 0 Å². The molecule has 21 heavy (non-hydrogen) atoms. The summed E-state index contributed by atoms with van der Waals surface area (Å²) in [6, 6.07) is 8.78. The van der Waals surface area contributed by atoms with Crippen LogP contribution >= 0.6 is 0 Å². The molecule has 0 saturated carbocycles. The molecule has 1 aliphatic rings. The monoisotopic (exact) mass is 311 g/mol. The van der Waals surface area contributed by atoms with Gasteiger partial charge in [0.2, 0.25) is 0 Å². The second-order valence-corrected chi connectivity index (χ2v) is 8.11. The maximum absolute atomic E-state index is 11.3.